The summed E-state index contributed by atoms with van der Waals surface area (Å²) in [7, 11) is 0. The summed E-state index contributed by atoms with van der Waals surface area (Å²) in [5.41, 5.74) is 7.64. The highest BCUT2D eigenvalue weighted by molar-refractivity contribution is 5.99. The number of carbonyl (C=O) groups is 2. The van der Waals surface area contributed by atoms with E-state index in [1.807, 2.05) is 40.7 Å². The van der Waals surface area contributed by atoms with E-state index in [0.29, 0.717) is 17.8 Å². The smallest absolute Gasteiger partial charge is 0.251 e. The van der Waals surface area contributed by atoms with Crippen LogP contribution in [0.25, 0.3) is 0 Å². The monoisotopic (exact) mass is 291 g/mol. The van der Waals surface area contributed by atoms with Crippen molar-refractivity contribution in [3.8, 4) is 0 Å². The average molecular weight is 291 g/mol. The lowest BCUT2D eigenvalue weighted by molar-refractivity contribution is -0.119. The van der Waals surface area contributed by atoms with Crippen LogP contribution in [0.2, 0.25) is 0 Å². The van der Waals surface area contributed by atoms with Gasteiger partial charge in [0.1, 0.15) is 0 Å². The maximum absolute atomic E-state index is 12.2. The lowest BCUT2D eigenvalue weighted by Gasteiger charge is -2.26. The van der Waals surface area contributed by atoms with E-state index in [0.717, 1.165) is 5.56 Å². The minimum absolute atomic E-state index is 0.159. The third-order valence-electron chi connectivity index (χ3n) is 3.31. The highest BCUT2D eigenvalue weighted by atomic mass is 16.2. The van der Waals surface area contributed by atoms with Crippen molar-refractivity contribution in [2.75, 3.05) is 11.9 Å². The summed E-state index contributed by atoms with van der Waals surface area (Å²) in [4.78, 5) is 24.0. The molecule has 1 atom stereocenters. The Morgan fingerprint density at radius 1 is 1.29 bits per heavy atom. The molecule has 0 fully saturated rings. The molecular formula is C16H25N3O2. The van der Waals surface area contributed by atoms with Crippen molar-refractivity contribution < 1.29 is 9.59 Å². The van der Waals surface area contributed by atoms with Gasteiger partial charge in [-0.3, -0.25) is 9.59 Å². The van der Waals surface area contributed by atoms with E-state index in [1.54, 1.807) is 12.1 Å². The summed E-state index contributed by atoms with van der Waals surface area (Å²) in [6.07, 6.45) is 0. The second kappa shape index (κ2) is 6.72. The van der Waals surface area contributed by atoms with E-state index in [-0.39, 0.29) is 17.2 Å². The summed E-state index contributed by atoms with van der Waals surface area (Å²) in [5, 5.41) is 5.54. The Kier molecular flexibility index (Phi) is 5.49. The quantitative estimate of drug-likeness (QED) is 0.794. The number of nitrogens with one attached hydrogen (secondary N) is 2. The molecule has 0 aliphatic rings. The molecule has 0 aromatic heterocycles. The van der Waals surface area contributed by atoms with Gasteiger partial charge < -0.3 is 16.4 Å². The highest BCUT2D eigenvalue weighted by Crippen LogP contribution is 2.21. The van der Waals surface area contributed by atoms with Crippen molar-refractivity contribution in [2.45, 2.75) is 40.7 Å². The van der Waals surface area contributed by atoms with E-state index in [4.69, 9.17) is 5.73 Å². The van der Waals surface area contributed by atoms with Crippen molar-refractivity contribution in [1.82, 2.24) is 5.32 Å². The molecule has 1 rings (SSSR count). The number of amides is 2. The van der Waals surface area contributed by atoms with Crippen LogP contribution in [0.5, 0.6) is 0 Å². The second-order valence-electron chi connectivity index (χ2n) is 6.22. The Hall–Kier alpha value is -1.88. The predicted molar refractivity (Wildman–Crippen MR) is 85.2 cm³/mol. The fourth-order valence-corrected chi connectivity index (χ4v) is 1.76. The van der Waals surface area contributed by atoms with Gasteiger partial charge in [-0.1, -0.05) is 26.8 Å². The molecule has 4 N–H and O–H groups in total. The molecule has 116 valence electrons. The molecule has 5 nitrogen and oxygen atoms in total. The van der Waals surface area contributed by atoms with Crippen LogP contribution in [0.1, 0.15) is 43.6 Å². The molecule has 0 saturated heterocycles. The number of anilines is 1. The van der Waals surface area contributed by atoms with Crippen LogP contribution < -0.4 is 16.4 Å². The van der Waals surface area contributed by atoms with E-state index in [2.05, 4.69) is 10.6 Å². The van der Waals surface area contributed by atoms with Gasteiger partial charge in [0.15, 0.2) is 0 Å². The van der Waals surface area contributed by atoms with Crippen molar-refractivity contribution in [2.24, 2.45) is 11.1 Å². The molecule has 0 radical (unpaired) electrons. The zero-order valence-electron chi connectivity index (χ0n) is 13.4. The minimum atomic E-state index is -0.620. The lowest BCUT2D eigenvalue weighted by atomic mass is 9.87. The predicted octanol–water partition coefficient (Wildman–Crippen LogP) is 2.06. The van der Waals surface area contributed by atoms with Gasteiger partial charge >= 0.3 is 0 Å². The molecule has 21 heavy (non-hydrogen) atoms. The first-order valence-electron chi connectivity index (χ1n) is 7.12. The molecule has 0 heterocycles. The Morgan fingerprint density at radius 2 is 1.90 bits per heavy atom. The van der Waals surface area contributed by atoms with E-state index in [9.17, 15) is 9.59 Å². The minimum Gasteiger partial charge on any atom is -0.352 e. The Labute approximate surface area is 126 Å². The molecule has 5 heteroatoms. The van der Waals surface area contributed by atoms with Crippen molar-refractivity contribution in [1.29, 1.82) is 0 Å². The molecule has 1 aromatic rings. The second-order valence-corrected chi connectivity index (χ2v) is 6.22. The molecule has 0 aliphatic heterocycles. The summed E-state index contributed by atoms with van der Waals surface area (Å²) in [6.45, 7) is 10.0. The van der Waals surface area contributed by atoms with Gasteiger partial charge in [-0.15, -0.1) is 0 Å². The summed E-state index contributed by atoms with van der Waals surface area (Å²) >= 11 is 0. The SMILES string of the molecule is CCNC(=O)c1ccc(C)c(NC(=O)[C@@H](N)C(C)(C)C)c1. The van der Waals surface area contributed by atoms with Gasteiger partial charge in [0.2, 0.25) is 5.91 Å². The first kappa shape index (κ1) is 17.2. The van der Waals surface area contributed by atoms with Crippen LogP contribution in [-0.2, 0) is 4.79 Å². The number of benzene rings is 1. The maximum Gasteiger partial charge on any atom is 0.251 e. The molecule has 0 aliphatic carbocycles. The molecule has 0 saturated carbocycles. The van der Waals surface area contributed by atoms with Crippen LogP contribution in [0.15, 0.2) is 18.2 Å². The van der Waals surface area contributed by atoms with E-state index >= 15 is 0 Å². The van der Waals surface area contributed by atoms with Gasteiger partial charge in [0, 0.05) is 17.8 Å². The summed E-state index contributed by atoms with van der Waals surface area (Å²) < 4.78 is 0. The molecular weight excluding hydrogens is 266 g/mol. The summed E-state index contributed by atoms with van der Waals surface area (Å²) in [5.74, 6) is -0.410. The average Bonchev–Trinajstić information content (AvgIpc) is 2.39. The van der Waals surface area contributed by atoms with E-state index < -0.39 is 6.04 Å². The van der Waals surface area contributed by atoms with Crippen molar-refractivity contribution >= 4 is 17.5 Å². The van der Waals surface area contributed by atoms with Crippen LogP contribution >= 0.6 is 0 Å². The first-order valence-corrected chi connectivity index (χ1v) is 7.12. The van der Waals surface area contributed by atoms with Gasteiger partial charge in [-0.05, 0) is 37.0 Å². The number of hydrogen-bond donors (Lipinski definition) is 3. The first-order chi connectivity index (χ1) is 9.66. The van der Waals surface area contributed by atoms with Crippen LogP contribution in [0.4, 0.5) is 5.69 Å². The molecule has 0 unspecified atom stereocenters. The Morgan fingerprint density at radius 3 is 2.43 bits per heavy atom. The third-order valence-corrected chi connectivity index (χ3v) is 3.31. The zero-order valence-corrected chi connectivity index (χ0v) is 13.4. The van der Waals surface area contributed by atoms with Crippen molar-refractivity contribution in [3.63, 3.8) is 0 Å². The fraction of sp³-hybridized carbons (Fsp3) is 0.500. The largest absolute Gasteiger partial charge is 0.352 e. The Balaban J connectivity index is 2.95. The van der Waals surface area contributed by atoms with Crippen LogP contribution in [-0.4, -0.2) is 24.4 Å². The number of carbonyl (C=O) groups excluding carboxylic acids is 2. The van der Waals surface area contributed by atoms with Crippen LogP contribution in [0, 0.1) is 12.3 Å². The van der Waals surface area contributed by atoms with E-state index in [1.165, 1.54) is 0 Å². The van der Waals surface area contributed by atoms with Gasteiger partial charge in [0.25, 0.3) is 5.91 Å². The number of hydrogen-bond acceptors (Lipinski definition) is 3. The molecule has 0 spiro atoms. The Bertz CT molecular complexity index is 533. The van der Waals surface area contributed by atoms with Gasteiger partial charge in [0.05, 0.1) is 6.04 Å². The molecule has 1 aromatic carbocycles. The zero-order chi connectivity index (χ0) is 16.2. The number of nitrogens with two attached hydrogens (primary N) is 1. The summed E-state index contributed by atoms with van der Waals surface area (Å²) in [6, 6.07) is 4.60. The third kappa shape index (κ3) is 4.56. The molecule has 0 bridgehead atoms. The molecule has 2 amide bonds. The fourth-order valence-electron chi connectivity index (χ4n) is 1.76. The van der Waals surface area contributed by atoms with Crippen LogP contribution in [0.3, 0.4) is 0 Å². The van der Waals surface area contributed by atoms with Crippen molar-refractivity contribution in [3.05, 3.63) is 29.3 Å². The number of aryl methyl sites for hydroxylation is 1. The number of rotatable bonds is 4. The standard InChI is InChI=1S/C16H25N3O2/c1-6-18-14(20)11-8-7-10(2)12(9-11)19-15(21)13(17)16(3,4)5/h7-9,13H,6,17H2,1-5H3,(H,18,20)(H,19,21)/t13-/m1/s1. The maximum atomic E-state index is 12.2. The highest BCUT2D eigenvalue weighted by Gasteiger charge is 2.27. The topological polar surface area (TPSA) is 84.2 Å². The van der Waals surface area contributed by atoms with Gasteiger partial charge in [-0.25, -0.2) is 0 Å². The lowest BCUT2D eigenvalue weighted by Crippen LogP contribution is -2.45. The normalized spacial score (nSPS) is 12.7. The van der Waals surface area contributed by atoms with Gasteiger partial charge in [-0.2, -0.15) is 0 Å².